The molecular weight excluding hydrogens is 276 g/mol. The number of ether oxygens (including phenoxy) is 1. The van der Waals surface area contributed by atoms with E-state index in [9.17, 15) is 4.79 Å². The Labute approximate surface area is 122 Å². The lowest BCUT2D eigenvalue weighted by atomic mass is 10.3. The summed E-state index contributed by atoms with van der Waals surface area (Å²) in [5.41, 5.74) is 2.99. The maximum atomic E-state index is 11.4. The molecule has 6 nitrogen and oxygen atoms in total. The van der Waals surface area contributed by atoms with E-state index in [1.165, 1.54) is 0 Å². The highest BCUT2D eigenvalue weighted by molar-refractivity contribution is 7.71. The molecule has 1 N–H and O–H groups in total. The number of aromatic amines is 1. The number of nitrogens with zero attached hydrogens (tertiary/aromatic N) is 3. The lowest BCUT2D eigenvalue weighted by Gasteiger charge is -2.05. The summed E-state index contributed by atoms with van der Waals surface area (Å²) >= 11 is 5.35. The molecule has 0 amide bonds. The number of H-pyrrole nitrogens is 1. The molecule has 2 aromatic heterocycles. The van der Waals surface area contributed by atoms with Crippen molar-refractivity contribution in [3.63, 3.8) is 0 Å². The van der Waals surface area contributed by atoms with Gasteiger partial charge >= 0.3 is 5.97 Å². The predicted molar refractivity (Wildman–Crippen MR) is 79.1 cm³/mol. The van der Waals surface area contributed by atoms with Crippen LogP contribution in [0.1, 0.15) is 32.4 Å². The fourth-order valence-electron chi connectivity index (χ4n) is 2.35. The first-order chi connectivity index (χ1) is 9.58. The zero-order valence-corrected chi connectivity index (χ0v) is 12.9. The second-order valence-electron chi connectivity index (χ2n) is 4.61. The summed E-state index contributed by atoms with van der Waals surface area (Å²) < 4.78 is 9.43. The molecule has 2 heterocycles. The Balaban J connectivity index is 2.18. The van der Waals surface area contributed by atoms with Crippen LogP contribution in [0.5, 0.6) is 0 Å². The number of hydrogen-bond donors (Lipinski definition) is 1. The number of hydrogen-bond acceptors (Lipinski definition) is 4. The second-order valence-corrected chi connectivity index (χ2v) is 5.00. The Morgan fingerprint density at radius 2 is 2.20 bits per heavy atom. The minimum absolute atomic E-state index is 0.162. The van der Waals surface area contributed by atoms with Gasteiger partial charge in [-0.3, -0.25) is 9.48 Å². The zero-order chi connectivity index (χ0) is 14.7. The lowest BCUT2D eigenvalue weighted by Crippen LogP contribution is -2.08. The van der Waals surface area contributed by atoms with E-state index in [0.717, 1.165) is 23.3 Å². The molecule has 0 unspecified atom stereocenters. The highest BCUT2D eigenvalue weighted by Crippen LogP contribution is 2.18. The van der Waals surface area contributed by atoms with E-state index in [1.54, 1.807) is 0 Å². The zero-order valence-electron chi connectivity index (χ0n) is 12.1. The van der Waals surface area contributed by atoms with Gasteiger partial charge in [0.15, 0.2) is 10.4 Å². The highest BCUT2D eigenvalue weighted by Gasteiger charge is 2.14. The van der Waals surface area contributed by atoms with E-state index >= 15 is 0 Å². The van der Waals surface area contributed by atoms with E-state index in [1.807, 2.05) is 23.2 Å². The number of rotatable bonds is 6. The van der Waals surface area contributed by atoms with Crippen molar-refractivity contribution in [1.82, 2.24) is 19.3 Å². The Morgan fingerprint density at radius 1 is 1.45 bits per heavy atom. The van der Waals surface area contributed by atoms with Crippen molar-refractivity contribution in [2.45, 2.75) is 39.7 Å². The SMILES string of the molecule is CCOC(=O)CCCn1c(=S)[nH]c2c(CC)nn(C)c21. The smallest absolute Gasteiger partial charge is 0.305 e. The molecule has 0 fully saturated rings. The summed E-state index contributed by atoms with van der Waals surface area (Å²) in [6.07, 6.45) is 1.96. The van der Waals surface area contributed by atoms with Gasteiger partial charge in [0.05, 0.1) is 12.3 Å². The normalized spacial score (nSPS) is 11.2. The fraction of sp³-hybridized carbons (Fsp3) is 0.615. The van der Waals surface area contributed by atoms with Crippen LogP contribution in [0.15, 0.2) is 0 Å². The molecule has 2 rings (SSSR count). The molecule has 0 saturated heterocycles. The number of carbonyl (C=O) groups excluding carboxylic acids is 1. The van der Waals surface area contributed by atoms with Crippen molar-refractivity contribution in [2.24, 2.45) is 7.05 Å². The van der Waals surface area contributed by atoms with Crippen molar-refractivity contribution in [2.75, 3.05) is 6.61 Å². The van der Waals surface area contributed by atoms with Gasteiger partial charge in [0.1, 0.15) is 5.52 Å². The van der Waals surface area contributed by atoms with Gasteiger partial charge in [0.2, 0.25) is 0 Å². The summed E-state index contributed by atoms with van der Waals surface area (Å²) in [5, 5.41) is 4.47. The van der Waals surface area contributed by atoms with Crippen LogP contribution in [0.3, 0.4) is 0 Å². The van der Waals surface area contributed by atoms with Gasteiger partial charge in [-0.2, -0.15) is 5.10 Å². The Hall–Kier alpha value is -1.63. The number of esters is 1. The standard InChI is InChI=1S/C13H20N4O2S/c1-4-9-11-12(16(3)15-9)17(13(20)14-11)8-6-7-10(18)19-5-2/h4-8H2,1-3H3,(H,14,20). The molecule has 0 saturated carbocycles. The second kappa shape index (κ2) is 6.21. The number of carbonyl (C=O) groups is 1. The van der Waals surface area contributed by atoms with Crippen molar-refractivity contribution in [3.05, 3.63) is 10.5 Å². The van der Waals surface area contributed by atoms with Crippen LogP contribution in [-0.2, 0) is 29.5 Å². The highest BCUT2D eigenvalue weighted by atomic mass is 32.1. The minimum atomic E-state index is -0.162. The molecule has 0 aromatic carbocycles. The van der Waals surface area contributed by atoms with Crippen LogP contribution in [0, 0.1) is 4.77 Å². The molecule has 0 radical (unpaired) electrons. The van der Waals surface area contributed by atoms with E-state index in [2.05, 4.69) is 17.0 Å². The Kier molecular flexibility index (Phi) is 4.59. The number of fused-ring (bicyclic) bond motifs is 1. The topological polar surface area (TPSA) is 64.8 Å². The van der Waals surface area contributed by atoms with Gasteiger partial charge in [0.25, 0.3) is 0 Å². The maximum absolute atomic E-state index is 11.4. The molecule has 2 aromatic rings. The molecule has 0 aliphatic rings. The summed E-state index contributed by atoms with van der Waals surface area (Å²) in [5.74, 6) is -0.162. The summed E-state index contributed by atoms with van der Waals surface area (Å²) in [4.78, 5) is 14.6. The third kappa shape index (κ3) is 2.77. The monoisotopic (exact) mass is 296 g/mol. The van der Waals surface area contributed by atoms with Crippen LogP contribution in [0.2, 0.25) is 0 Å². The first-order valence-corrected chi connectivity index (χ1v) is 7.29. The summed E-state index contributed by atoms with van der Waals surface area (Å²) in [6.45, 7) is 4.98. The quantitative estimate of drug-likeness (QED) is 0.656. The molecule has 0 spiro atoms. The molecule has 0 bridgehead atoms. The molecular formula is C13H20N4O2S. The number of imidazole rings is 1. The van der Waals surface area contributed by atoms with Gasteiger partial charge in [-0.05, 0) is 32.0 Å². The minimum Gasteiger partial charge on any atom is -0.466 e. The van der Waals surface area contributed by atoms with Crippen molar-refractivity contribution in [1.29, 1.82) is 0 Å². The maximum Gasteiger partial charge on any atom is 0.305 e. The fourth-order valence-corrected chi connectivity index (χ4v) is 2.63. The van der Waals surface area contributed by atoms with Crippen LogP contribution in [0.4, 0.5) is 0 Å². The average molecular weight is 296 g/mol. The van der Waals surface area contributed by atoms with E-state index in [4.69, 9.17) is 17.0 Å². The van der Waals surface area contributed by atoms with Gasteiger partial charge in [-0.1, -0.05) is 6.92 Å². The van der Waals surface area contributed by atoms with Crippen LogP contribution >= 0.6 is 12.2 Å². The Morgan fingerprint density at radius 3 is 2.85 bits per heavy atom. The molecule has 20 heavy (non-hydrogen) atoms. The number of nitrogens with one attached hydrogen (secondary N) is 1. The first-order valence-electron chi connectivity index (χ1n) is 6.88. The molecule has 7 heteroatoms. The van der Waals surface area contributed by atoms with E-state index in [-0.39, 0.29) is 5.97 Å². The van der Waals surface area contributed by atoms with Crippen LogP contribution in [-0.4, -0.2) is 31.9 Å². The number of aromatic nitrogens is 4. The largest absolute Gasteiger partial charge is 0.466 e. The molecule has 0 aliphatic carbocycles. The van der Waals surface area contributed by atoms with E-state index < -0.39 is 0 Å². The van der Waals surface area contributed by atoms with Gasteiger partial charge in [-0.15, -0.1) is 0 Å². The van der Waals surface area contributed by atoms with Gasteiger partial charge in [0, 0.05) is 20.0 Å². The Bertz CT molecular complexity index is 668. The van der Waals surface area contributed by atoms with Crippen molar-refractivity contribution in [3.8, 4) is 0 Å². The lowest BCUT2D eigenvalue weighted by molar-refractivity contribution is -0.143. The first kappa shape index (κ1) is 14.8. The van der Waals surface area contributed by atoms with Crippen molar-refractivity contribution < 1.29 is 9.53 Å². The van der Waals surface area contributed by atoms with Crippen LogP contribution < -0.4 is 0 Å². The summed E-state index contributed by atoms with van der Waals surface area (Å²) in [7, 11) is 1.91. The van der Waals surface area contributed by atoms with Crippen molar-refractivity contribution >= 4 is 29.4 Å². The summed E-state index contributed by atoms with van der Waals surface area (Å²) in [6, 6.07) is 0. The molecule has 0 aliphatic heterocycles. The third-order valence-corrected chi connectivity index (χ3v) is 3.55. The molecule has 0 atom stereocenters. The predicted octanol–water partition coefficient (Wildman–Crippen LogP) is 2.34. The number of aryl methyl sites for hydroxylation is 3. The van der Waals surface area contributed by atoms with Gasteiger partial charge < -0.3 is 14.3 Å². The third-order valence-electron chi connectivity index (χ3n) is 3.23. The van der Waals surface area contributed by atoms with Crippen LogP contribution in [0.25, 0.3) is 11.2 Å². The van der Waals surface area contributed by atoms with E-state index in [0.29, 0.717) is 30.8 Å². The molecule has 110 valence electrons. The average Bonchev–Trinajstić information content (AvgIpc) is 2.88. The van der Waals surface area contributed by atoms with Gasteiger partial charge in [-0.25, -0.2) is 0 Å².